The van der Waals surface area contributed by atoms with Crippen molar-refractivity contribution in [2.24, 2.45) is 0 Å². The van der Waals surface area contributed by atoms with Crippen LogP contribution in [0.25, 0.3) is 0 Å². The van der Waals surface area contributed by atoms with E-state index in [0.29, 0.717) is 13.2 Å². The quantitative estimate of drug-likeness (QED) is 0.833. The zero-order chi connectivity index (χ0) is 15.6. The average Bonchev–Trinajstić information content (AvgIpc) is 3.25. The molecule has 2 aromatic rings. The molecule has 0 unspecified atom stereocenters. The highest BCUT2D eigenvalue weighted by molar-refractivity contribution is 5.76. The monoisotopic (exact) mass is 315 g/mol. The highest BCUT2D eigenvalue weighted by atomic mass is 16.6. The fourth-order valence-electron chi connectivity index (χ4n) is 3.16. The topological polar surface area (TPSA) is 82.4 Å². The van der Waals surface area contributed by atoms with Crippen molar-refractivity contribution in [3.63, 3.8) is 0 Å². The molecular weight excluding hydrogens is 298 g/mol. The fraction of sp³-hybridized carbons (Fsp3) is 0.467. The van der Waals surface area contributed by atoms with Gasteiger partial charge in [0.1, 0.15) is 26.1 Å². The van der Waals surface area contributed by atoms with Crippen molar-refractivity contribution >= 4 is 5.91 Å². The molecule has 8 heteroatoms. The predicted molar refractivity (Wildman–Crippen MR) is 78.9 cm³/mol. The molecule has 2 aliphatic heterocycles. The third kappa shape index (κ3) is 2.71. The summed E-state index contributed by atoms with van der Waals surface area (Å²) in [6.07, 6.45) is 3.38. The SMILES string of the molecule is O=C(Cn1cnnn1)N1CCC[C@@H]1c1ccc2c(c1)OCCO2. The van der Waals surface area contributed by atoms with Crippen molar-refractivity contribution in [1.82, 2.24) is 25.1 Å². The van der Waals surface area contributed by atoms with E-state index in [2.05, 4.69) is 15.5 Å². The van der Waals surface area contributed by atoms with Gasteiger partial charge in [-0.3, -0.25) is 4.79 Å². The smallest absolute Gasteiger partial charge is 0.244 e. The Bertz CT molecular complexity index is 703. The molecule has 23 heavy (non-hydrogen) atoms. The third-order valence-corrected chi connectivity index (χ3v) is 4.21. The Hall–Kier alpha value is -2.64. The lowest BCUT2D eigenvalue weighted by Crippen LogP contribution is -2.33. The summed E-state index contributed by atoms with van der Waals surface area (Å²) >= 11 is 0. The lowest BCUT2D eigenvalue weighted by Gasteiger charge is -2.26. The first-order valence-corrected chi connectivity index (χ1v) is 7.71. The number of nitrogens with zero attached hydrogens (tertiary/aromatic N) is 5. The molecule has 0 saturated carbocycles. The molecule has 0 aliphatic carbocycles. The van der Waals surface area contributed by atoms with Gasteiger partial charge in [0, 0.05) is 6.54 Å². The molecule has 1 fully saturated rings. The van der Waals surface area contributed by atoms with Gasteiger partial charge in [-0.05, 0) is 41.0 Å². The number of ether oxygens (including phenoxy) is 2. The van der Waals surface area contributed by atoms with Crippen molar-refractivity contribution < 1.29 is 14.3 Å². The largest absolute Gasteiger partial charge is 0.486 e. The van der Waals surface area contributed by atoms with Crippen molar-refractivity contribution in [3.05, 3.63) is 30.1 Å². The van der Waals surface area contributed by atoms with E-state index in [-0.39, 0.29) is 18.5 Å². The van der Waals surface area contributed by atoms with Crippen molar-refractivity contribution in [1.29, 1.82) is 0 Å². The molecule has 1 atom stereocenters. The van der Waals surface area contributed by atoms with Gasteiger partial charge in [-0.15, -0.1) is 5.10 Å². The second-order valence-corrected chi connectivity index (χ2v) is 5.66. The summed E-state index contributed by atoms with van der Waals surface area (Å²) in [4.78, 5) is 14.4. The Morgan fingerprint density at radius 1 is 1.26 bits per heavy atom. The van der Waals surface area contributed by atoms with Gasteiger partial charge in [-0.2, -0.15) is 0 Å². The second kappa shape index (κ2) is 5.86. The van der Waals surface area contributed by atoms with Crippen LogP contribution < -0.4 is 9.47 Å². The van der Waals surface area contributed by atoms with Gasteiger partial charge in [-0.1, -0.05) is 6.07 Å². The summed E-state index contributed by atoms with van der Waals surface area (Å²) < 4.78 is 12.6. The number of tetrazole rings is 1. The number of rotatable bonds is 3. The first-order valence-electron chi connectivity index (χ1n) is 7.71. The lowest BCUT2D eigenvalue weighted by atomic mass is 10.0. The number of likely N-dealkylation sites (tertiary alicyclic amines) is 1. The number of aromatic nitrogens is 4. The first kappa shape index (κ1) is 14.0. The first-order chi connectivity index (χ1) is 11.3. The summed E-state index contributed by atoms with van der Waals surface area (Å²) in [5.74, 6) is 1.55. The molecule has 0 bridgehead atoms. The Labute approximate surface area is 133 Å². The van der Waals surface area contributed by atoms with Gasteiger partial charge in [0.2, 0.25) is 5.91 Å². The van der Waals surface area contributed by atoms with E-state index in [1.165, 1.54) is 11.0 Å². The lowest BCUT2D eigenvalue weighted by molar-refractivity contribution is -0.133. The third-order valence-electron chi connectivity index (χ3n) is 4.21. The zero-order valence-electron chi connectivity index (χ0n) is 12.6. The minimum Gasteiger partial charge on any atom is -0.486 e. The molecule has 8 nitrogen and oxygen atoms in total. The van der Waals surface area contributed by atoms with E-state index in [0.717, 1.165) is 36.4 Å². The fourth-order valence-corrected chi connectivity index (χ4v) is 3.16. The Morgan fingerprint density at radius 3 is 2.96 bits per heavy atom. The molecule has 1 aromatic heterocycles. The maximum absolute atomic E-state index is 12.5. The Kier molecular flexibility index (Phi) is 3.57. The van der Waals surface area contributed by atoms with E-state index >= 15 is 0 Å². The Balaban J connectivity index is 1.54. The summed E-state index contributed by atoms with van der Waals surface area (Å²) in [6.45, 7) is 2.05. The zero-order valence-corrected chi connectivity index (χ0v) is 12.6. The molecule has 0 radical (unpaired) electrons. The van der Waals surface area contributed by atoms with Crippen LogP contribution in [0.15, 0.2) is 24.5 Å². The number of benzene rings is 1. The van der Waals surface area contributed by atoms with Crippen LogP contribution in [0.5, 0.6) is 11.5 Å². The van der Waals surface area contributed by atoms with Gasteiger partial charge >= 0.3 is 0 Å². The van der Waals surface area contributed by atoms with E-state index in [9.17, 15) is 4.79 Å². The standard InChI is InChI=1S/C15H17N5O3/c21-15(9-19-10-16-17-18-19)20-5-1-2-12(20)11-3-4-13-14(8-11)23-7-6-22-13/h3-4,8,10,12H,1-2,5-7,9H2/t12-/m1/s1. The minimum absolute atomic E-state index is 0.0229. The van der Waals surface area contributed by atoms with Crippen LogP contribution in [0.2, 0.25) is 0 Å². The molecule has 3 heterocycles. The Morgan fingerprint density at radius 2 is 2.13 bits per heavy atom. The molecule has 1 amide bonds. The second-order valence-electron chi connectivity index (χ2n) is 5.66. The summed E-state index contributed by atoms with van der Waals surface area (Å²) in [7, 11) is 0. The average molecular weight is 315 g/mol. The van der Waals surface area contributed by atoms with Gasteiger partial charge in [0.05, 0.1) is 6.04 Å². The highest BCUT2D eigenvalue weighted by Gasteiger charge is 2.31. The number of carbonyl (C=O) groups is 1. The number of carbonyl (C=O) groups excluding carboxylic acids is 1. The van der Waals surface area contributed by atoms with E-state index in [4.69, 9.17) is 9.47 Å². The number of amides is 1. The van der Waals surface area contributed by atoms with Crippen LogP contribution in [0.3, 0.4) is 0 Å². The van der Waals surface area contributed by atoms with Gasteiger partial charge in [-0.25, -0.2) is 4.68 Å². The summed E-state index contributed by atoms with van der Waals surface area (Å²) in [6, 6.07) is 5.99. The minimum atomic E-state index is 0.0229. The molecule has 4 rings (SSSR count). The highest BCUT2D eigenvalue weighted by Crippen LogP contribution is 2.38. The molecule has 0 spiro atoms. The number of fused-ring (bicyclic) bond motifs is 1. The van der Waals surface area contributed by atoms with Crippen LogP contribution in [-0.2, 0) is 11.3 Å². The van der Waals surface area contributed by atoms with Crippen molar-refractivity contribution in [2.45, 2.75) is 25.4 Å². The van der Waals surface area contributed by atoms with Gasteiger partial charge in [0.15, 0.2) is 11.5 Å². The predicted octanol–water partition coefficient (Wildman–Crippen LogP) is 0.808. The van der Waals surface area contributed by atoms with Crippen LogP contribution in [-0.4, -0.2) is 50.8 Å². The van der Waals surface area contributed by atoms with E-state index in [1.807, 2.05) is 23.1 Å². The molecular formula is C15H17N5O3. The van der Waals surface area contributed by atoms with Crippen molar-refractivity contribution in [2.75, 3.05) is 19.8 Å². The van der Waals surface area contributed by atoms with Crippen LogP contribution in [0, 0.1) is 0 Å². The van der Waals surface area contributed by atoms with Crippen LogP contribution in [0.1, 0.15) is 24.4 Å². The maximum atomic E-state index is 12.5. The number of hydrogen-bond donors (Lipinski definition) is 0. The van der Waals surface area contributed by atoms with Gasteiger partial charge < -0.3 is 14.4 Å². The van der Waals surface area contributed by atoms with Crippen LogP contribution in [0.4, 0.5) is 0 Å². The maximum Gasteiger partial charge on any atom is 0.244 e. The summed E-state index contributed by atoms with van der Waals surface area (Å²) in [5.41, 5.74) is 1.08. The normalized spacial score (nSPS) is 19.8. The molecule has 1 saturated heterocycles. The molecule has 2 aliphatic rings. The van der Waals surface area contributed by atoms with E-state index in [1.54, 1.807) is 0 Å². The summed E-state index contributed by atoms with van der Waals surface area (Å²) in [5, 5.41) is 10.9. The number of hydrogen-bond acceptors (Lipinski definition) is 6. The van der Waals surface area contributed by atoms with Crippen LogP contribution >= 0.6 is 0 Å². The van der Waals surface area contributed by atoms with Crippen molar-refractivity contribution in [3.8, 4) is 11.5 Å². The van der Waals surface area contributed by atoms with Gasteiger partial charge in [0.25, 0.3) is 0 Å². The molecule has 1 aromatic carbocycles. The molecule has 0 N–H and O–H groups in total. The molecule has 120 valence electrons. The van der Waals surface area contributed by atoms with E-state index < -0.39 is 0 Å².